The molecular formula is C13H11Cl2N3O3. The number of rotatable bonds is 5. The van der Waals surface area contributed by atoms with Crippen LogP contribution in [0.4, 0.5) is 5.95 Å². The third-order valence-electron chi connectivity index (χ3n) is 2.32. The van der Waals surface area contributed by atoms with Crippen LogP contribution in [0.1, 0.15) is 0 Å². The van der Waals surface area contributed by atoms with Gasteiger partial charge in [-0.3, -0.25) is 10.1 Å². The van der Waals surface area contributed by atoms with E-state index in [0.29, 0.717) is 10.8 Å². The predicted octanol–water partition coefficient (Wildman–Crippen LogP) is 2.81. The number of hydrogen-bond donors (Lipinski definition) is 1. The zero-order valence-electron chi connectivity index (χ0n) is 11.0. The van der Waals surface area contributed by atoms with Crippen molar-refractivity contribution in [2.45, 2.75) is 0 Å². The molecule has 21 heavy (non-hydrogen) atoms. The van der Waals surface area contributed by atoms with Gasteiger partial charge in [0.1, 0.15) is 10.9 Å². The smallest absolute Gasteiger partial charge is 0.264 e. The molecule has 0 spiro atoms. The van der Waals surface area contributed by atoms with Crippen LogP contribution in [0, 0.1) is 0 Å². The highest BCUT2D eigenvalue weighted by Gasteiger charge is 2.08. The lowest BCUT2D eigenvalue weighted by Gasteiger charge is -2.07. The van der Waals surface area contributed by atoms with Gasteiger partial charge in [0, 0.05) is 11.1 Å². The Kier molecular flexibility index (Phi) is 5.19. The fraction of sp³-hybridized carbons (Fsp3) is 0.154. The number of nitrogens with zero attached hydrogens (tertiary/aromatic N) is 2. The summed E-state index contributed by atoms with van der Waals surface area (Å²) in [6.45, 7) is -0.195. The van der Waals surface area contributed by atoms with Crippen LogP contribution >= 0.6 is 23.2 Å². The lowest BCUT2D eigenvalue weighted by molar-refractivity contribution is -0.118. The van der Waals surface area contributed by atoms with Crippen LogP contribution in [-0.2, 0) is 4.79 Å². The monoisotopic (exact) mass is 327 g/mol. The van der Waals surface area contributed by atoms with Crippen molar-refractivity contribution in [3.63, 3.8) is 0 Å². The maximum atomic E-state index is 11.7. The summed E-state index contributed by atoms with van der Waals surface area (Å²) in [7, 11) is 1.44. The molecule has 2 aromatic rings. The van der Waals surface area contributed by atoms with E-state index in [2.05, 4.69) is 15.3 Å². The second-order valence-corrected chi connectivity index (χ2v) is 4.67. The quantitative estimate of drug-likeness (QED) is 0.855. The molecule has 8 heteroatoms. The summed E-state index contributed by atoms with van der Waals surface area (Å²) in [5.74, 6) is 0.404. The summed E-state index contributed by atoms with van der Waals surface area (Å²) in [6, 6.07) is 8.09. The standard InChI is InChI=1S/C13H11Cl2N3O3/c1-20-12-6-10(15)16-13(18-12)17-11(19)7-21-9-4-2-8(14)3-5-9/h2-6H,7H2,1H3,(H,16,17,18,19). The van der Waals surface area contributed by atoms with Gasteiger partial charge in [-0.05, 0) is 24.3 Å². The molecule has 0 saturated carbocycles. The second-order valence-electron chi connectivity index (χ2n) is 3.85. The van der Waals surface area contributed by atoms with E-state index in [9.17, 15) is 4.79 Å². The minimum absolute atomic E-state index is 0.0454. The van der Waals surface area contributed by atoms with E-state index in [0.717, 1.165) is 0 Å². The van der Waals surface area contributed by atoms with Gasteiger partial charge in [-0.15, -0.1) is 0 Å². The summed E-state index contributed by atoms with van der Waals surface area (Å²) in [5, 5.41) is 3.21. The molecule has 0 unspecified atom stereocenters. The first-order chi connectivity index (χ1) is 10.1. The van der Waals surface area contributed by atoms with Crippen molar-refractivity contribution in [2.24, 2.45) is 0 Å². The largest absolute Gasteiger partial charge is 0.484 e. The maximum Gasteiger partial charge on any atom is 0.264 e. The molecule has 0 saturated heterocycles. The van der Waals surface area contributed by atoms with Gasteiger partial charge in [-0.1, -0.05) is 23.2 Å². The Hall–Kier alpha value is -2.05. The highest BCUT2D eigenvalue weighted by Crippen LogP contribution is 2.17. The molecule has 0 aliphatic rings. The zero-order valence-corrected chi connectivity index (χ0v) is 12.5. The molecule has 0 atom stereocenters. The van der Waals surface area contributed by atoms with Crippen molar-refractivity contribution in [2.75, 3.05) is 19.0 Å². The van der Waals surface area contributed by atoms with Crippen LogP contribution in [0.2, 0.25) is 10.2 Å². The molecule has 6 nitrogen and oxygen atoms in total. The van der Waals surface area contributed by atoms with E-state index in [-0.39, 0.29) is 23.6 Å². The number of aromatic nitrogens is 2. The van der Waals surface area contributed by atoms with Crippen LogP contribution in [0.3, 0.4) is 0 Å². The van der Waals surface area contributed by atoms with Crippen LogP contribution in [0.5, 0.6) is 11.6 Å². The van der Waals surface area contributed by atoms with Crippen molar-refractivity contribution in [3.8, 4) is 11.6 Å². The Morgan fingerprint density at radius 3 is 2.62 bits per heavy atom. The number of carbonyl (C=O) groups excluding carboxylic acids is 1. The maximum absolute atomic E-state index is 11.7. The van der Waals surface area contributed by atoms with Crippen LogP contribution in [0.15, 0.2) is 30.3 Å². The van der Waals surface area contributed by atoms with Crippen molar-refractivity contribution in [1.29, 1.82) is 0 Å². The van der Waals surface area contributed by atoms with Crippen LogP contribution in [-0.4, -0.2) is 29.6 Å². The number of carbonyl (C=O) groups is 1. The molecule has 1 amide bonds. The SMILES string of the molecule is COc1cc(Cl)nc(NC(=O)COc2ccc(Cl)cc2)n1. The van der Waals surface area contributed by atoms with E-state index in [1.807, 2.05) is 0 Å². The number of benzene rings is 1. The highest BCUT2D eigenvalue weighted by molar-refractivity contribution is 6.30. The fourth-order valence-corrected chi connectivity index (χ4v) is 1.70. The number of methoxy groups -OCH3 is 1. The average Bonchev–Trinajstić information content (AvgIpc) is 2.46. The first-order valence-electron chi connectivity index (χ1n) is 5.83. The van der Waals surface area contributed by atoms with Gasteiger partial charge < -0.3 is 9.47 Å². The topological polar surface area (TPSA) is 73.3 Å². The minimum Gasteiger partial charge on any atom is -0.484 e. The van der Waals surface area contributed by atoms with Gasteiger partial charge >= 0.3 is 0 Å². The van der Waals surface area contributed by atoms with Gasteiger partial charge in [0.15, 0.2) is 6.61 Å². The van der Waals surface area contributed by atoms with Gasteiger partial charge in [0.2, 0.25) is 11.8 Å². The summed E-state index contributed by atoms with van der Waals surface area (Å²) < 4.78 is 10.2. The Bertz CT molecular complexity index is 635. The van der Waals surface area contributed by atoms with E-state index in [1.54, 1.807) is 24.3 Å². The Morgan fingerprint density at radius 2 is 1.95 bits per heavy atom. The number of ether oxygens (including phenoxy) is 2. The number of anilines is 1. The summed E-state index contributed by atoms with van der Waals surface area (Å²) in [5.41, 5.74) is 0. The molecule has 0 aliphatic carbocycles. The summed E-state index contributed by atoms with van der Waals surface area (Å²) in [6.07, 6.45) is 0. The number of amides is 1. The lowest BCUT2D eigenvalue weighted by Crippen LogP contribution is -2.21. The normalized spacial score (nSPS) is 10.0. The molecule has 1 N–H and O–H groups in total. The van der Waals surface area contributed by atoms with E-state index < -0.39 is 5.91 Å². The van der Waals surface area contributed by atoms with Crippen LogP contribution in [0.25, 0.3) is 0 Å². The van der Waals surface area contributed by atoms with Crippen molar-refractivity contribution in [1.82, 2.24) is 9.97 Å². The van der Waals surface area contributed by atoms with Crippen molar-refractivity contribution < 1.29 is 14.3 Å². The molecule has 0 bridgehead atoms. The Labute approximate surface area is 131 Å². The van der Waals surface area contributed by atoms with Crippen molar-refractivity contribution in [3.05, 3.63) is 40.5 Å². The summed E-state index contributed by atoms with van der Waals surface area (Å²) >= 11 is 11.5. The fourth-order valence-electron chi connectivity index (χ4n) is 1.40. The number of hydrogen-bond acceptors (Lipinski definition) is 5. The predicted molar refractivity (Wildman–Crippen MR) is 79.2 cm³/mol. The number of halogens is 2. The van der Waals surface area contributed by atoms with Gasteiger partial charge in [-0.25, -0.2) is 4.98 Å². The van der Waals surface area contributed by atoms with Crippen molar-refractivity contribution >= 4 is 35.1 Å². The first kappa shape index (κ1) is 15.3. The Morgan fingerprint density at radius 1 is 1.24 bits per heavy atom. The minimum atomic E-state index is -0.422. The molecule has 110 valence electrons. The van der Waals surface area contributed by atoms with Gasteiger partial charge in [0.05, 0.1) is 7.11 Å². The van der Waals surface area contributed by atoms with Gasteiger partial charge in [-0.2, -0.15) is 4.98 Å². The molecule has 0 radical (unpaired) electrons. The molecule has 1 aromatic heterocycles. The molecule has 1 heterocycles. The molecular weight excluding hydrogens is 317 g/mol. The van der Waals surface area contributed by atoms with Gasteiger partial charge in [0.25, 0.3) is 5.91 Å². The average molecular weight is 328 g/mol. The molecule has 2 rings (SSSR count). The van der Waals surface area contributed by atoms with E-state index in [4.69, 9.17) is 32.7 Å². The second kappa shape index (κ2) is 7.10. The number of nitrogens with one attached hydrogen (secondary N) is 1. The van der Waals surface area contributed by atoms with Crippen LogP contribution < -0.4 is 14.8 Å². The lowest BCUT2D eigenvalue weighted by atomic mass is 10.3. The molecule has 0 aliphatic heterocycles. The molecule has 0 fully saturated rings. The van der Waals surface area contributed by atoms with E-state index in [1.165, 1.54) is 13.2 Å². The molecule has 1 aromatic carbocycles. The summed E-state index contributed by atoms with van der Waals surface area (Å²) in [4.78, 5) is 19.5. The van der Waals surface area contributed by atoms with E-state index >= 15 is 0 Å². The highest BCUT2D eigenvalue weighted by atomic mass is 35.5. The third kappa shape index (κ3) is 4.77. The zero-order chi connectivity index (χ0) is 15.2. The third-order valence-corrected chi connectivity index (χ3v) is 2.76. The first-order valence-corrected chi connectivity index (χ1v) is 6.59. The Balaban J connectivity index is 1.92.